The molecule has 0 aliphatic carbocycles. The van der Waals surface area contributed by atoms with Crippen LogP contribution in [0.5, 0.6) is 0 Å². The Kier molecular flexibility index (Phi) is 10.0. The van der Waals surface area contributed by atoms with Crippen molar-refractivity contribution in [3.63, 3.8) is 0 Å². The predicted octanol–water partition coefficient (Wildman–Crippen LogP) is 20.9. The molecule has 8 aromatic heterocycles. The minimum atomic E-state index is 0.855. The highest BCUT2D eigenvalue weighted by molar-refractivity contribution is 6.26. The Bertz CT molecular complexity index is 6210. The molecule has 8 heteroatoms. The third-order valence-corrected chi connectivity index (χ3v) is 17.9. The summed E-state index contributed by atoms with van der Waals surface area (Å²) >= 11 is 0. The number of furan rings is 2. The zero-order valence-corrected chi connectivity index (χ0v) is 46.6. The molecule has 8 heterocycles. The highest BCUT2D eigenvalue weighted by atomic mass is 16.3. The van der Waals surface area contributed by atoms with Crippen LogP contribution in [0.4, 0.5) is 0 Å². The largest absolute Gasteiger partial charge is 0.455 e. The normalized spacial score (nSPS) is 12.1. The van der Waals surface area contributed by atoms with Crippen molar-refractivity contribution in [3.8, 4) is 39.2 Å². The van der Waals surface area contributed by atoms with Crippen LogP contribution in [0.2, 0.25) is 0 Å². The van der Waals surface area contributed by atoms with Gasteiger partial charge < -0.3 is 13.4 Å². The van der Waals surface area contributed by atoms with E-state index in [-0.39, 0.29) is 0 Å². The molecule has 0 spiro atoms. The molecule has 0 aliphatic rings. The zero-order chi connectivity index (χ0) is 56.8. The predicted molar refractivity (Wildman–Crippen MR) is 358 cm³/mol. The first-order valence-electron chi connectivity index (χ1n) is 29.4. The SMILES string of the molecule is c1cc(-c2ccc3c(c2)c2ccccc2c2nc4cc5c(cn4c32)oc2ccccc25)cc(-n2c3ccccc3c3ccccc32)c1.c1ccc(-c2ccc(-c3ccc4c(c3)c3ccccc3c3nc5cc6c(cn5c43)oc3ccccc36)nc2)cc1. The van der Waals surface area contributed by atoms with E-state index in [0.29, 0.717) is 0 Å². The molecular formula is C79H46N6O2. The lowest BCUT2D eigenvalue weighted by molar-refractivity contribution is 0.666. The first kappa shape index (κ1) is 47.6. The maximum atomic E-state index is 6.30. The molecule has 0 saturated carbocycles. The molecule has 20 rings (SSSR count). The number of fused-ring (bicyclic) bond motifs is 25. The quantitative estimate of drug-likeness (QED) is 0.164. The number of para-hydroxylation sites is 4. The summed E-state index contributed by atoms with van der Waals surface area (Å²) in [6, 6.07) is 92.2. The van der Waals surface area contributed by atoms with Crippen LogP contribution in [0.1, 0.15) is 0 Å². The molecule has 87 heavy (non-hydrogen) atoms. The third kappa shape index (κ3) is 7.16. The average Bonchev–Trinajstić information content (AvgIpc) is 1.80. The second-order valence-electron chi connectivity index (χ2n) is 22.7. The molecule has 0 N–H and O–H groups in total. The van der Waals surface area contributed by atoms with E-state index in [9.17, 15) is 0 Å². The summed E-state index contributed by atoms with van der Waals surface area (Å²) < 4.78 is 19.3. The molecule has 0 atom stereocenters. The summed E-state index contributed by atoms with van der Waals surface area (Å²) in [7, 11) is 0. The van der Waals surface area contributed by atoms with Gasteiger partial charge in [0.15, 0.2) is 11.2 Å². The van der Waals surface area contributed by atoms with Gasteiger partial charge in [0.2, 0.25) is 0 Å². The van der Waals surface area contributed by atoms with Gasteiger partial charge in [0.25, 0.3) is 0 Å². The van der Waals surface area contributed by atoms with E-state index < -0.39 is 0 Å². The van der Waals surface area contributed by atoms with Gasteiger partial charge in [-0.3, -0.25) is 13.8 Å². The fourth-order valence-corrected chi connectivity index (χ4v) is 13.9. The number of aromatic nitrogens is 6. The topological polar surface area (TPSA) is 78.7 Å². The standard InChI is InChI=1S/C43H25N3O.C36H21N3O/c1-2-16-33-29(12-1)35-23-27(26-10-9-11-28(22-26)46-37-17-6-3-13-30(37)31-14-4-7-18-38(31)46)20-21-34(35)43-42(33)44-41-24-36-32-15-5-8-19-39(32)47-40(36)25-45(41)43;1-2-8-22(9-3-1)24-15-17-31(37-20-24)23-14-16-28-29(18-23)25-10-4-5-12-27(25)35-36(28)39-21-33-30(19-34(39)38-35)26-11-6-7-13-32(26)40-33/h1-25H;1-21H. The molecule has 0 unspecified atom stereocenters. The van der Waals surface area contributed by atoms with Crippen LogP contribution in [0.3, 0.4) is 0 Å². The summed E-state index contributed by atoms with van der Waals surface area (Å²) in [4.78, 5) is 15.2. The van der Waals surface area contributed by atoms with Crippen LogP contribution in [-0.4, -0.2) is 28.3 Å². The Balaban J connectivity index is 0.000000128. The van der Waals surface area contributed by atoms with Gasteiger partial charge in [-0.15, -0.1) is 0 Å². The van der Waals surface area contributed by atoms with Crippen LogP contribution in [0.25, 0.3) is 181 Å². The van der Waals surface area contributed by atoms with Crippen molar-refractivity contribution >= 4 is 142 Å². The monoisotopic (exact) mass is 1110 g/mol. The first-order chi connectivity index (χ1) is 43.1. The molecule has 0 saturated heterocycles. The molecule has 0 radical (unpaired) electrons. The summed E-state index contributed by atoms with van der Waals surface area (Å²) in [5.41, 5.74) is 19.8. The number of pyridine rings is 3. The molecule has 0 amide bonds. The fraction of sp³-hybridized carbons (Fsp3) is 0. The highest BCUT2D eigenvalue weighted by Gasteiger charge is 2.21. The molecule has 8 nitrogen and oxygen atoms in total. The van der Waals surface area contributed by atoms with Crippen molar-refractivity contribution in [1.82, 2.24) is 28.3 Å². The first-order valence-corrected chi connectivity index (χ1v) is 29.4. The second-order valence-corrected chi connectivity index (χ2v) is 22.7. The summed E-state index contributed by atoms with van der Waals surface area (Å²) in [5.74, 6) is 0. The van der Waals surface area contributed by atoms with Gasteiger partial charge >= 0.3 is 0 Å². The molecule has 12 aromatic carbocycles. The van der Waals surface area contributed by atoms with E-state index in [2.05, 4.69) is 250 Å². The maximum absolute atomic E-state index is 6.30. The van der Waals surface area contributed by atoms with Gasteiger partial charge in [0.05, 0.1) is 51.2 Å². The lowest BCUT2D eigenvalue weighted by atomic mass is 9.95. The smallest absolute Gasteiger partial charge is 0.152 e. The molecule has 0 aliphatic heterocycles. The van der Waals surface area contributed by atoms with Crippen LogP contribution in [0, 0.1) is 0 Å². The van der Waals surface area contributed by atoms with Crippen molar-refractivity contribution in [2.75, 3.05) is 0 Å². The number of rotatable bonds is 4. The summed E-state index contributed by atoms with van der Waals surface area (Å²) in [6.45, 7) is 0. The van der Waals surface area contributed by atoms with Gasteiger partial charge in [-0.25, -0.2) is 9.97 Å². The van der Waals surface area contributed by atoms with Crippen molar-refractivity contribution in [2.45, 2.75) is 0 Å². The van der Waals surface area contributed by atoms with E-state index in [1.165, 1.54) is 65.4 Å². The van der Waals surface area contributed by atoms with E-state index >= 15 is 0 Å². The number of hydrogen-bond acceptors (Lipinski definition) is 5. The van der Waals surface area contributed by atoms with Crippen LogP contribution < -0.4 is 0 Å². The van der Waals surface area contributed by atoms with E-state index in [1.54, 1.807) is 0 Å². The Morgan fingerprint density at radius 3 is 1.30 bits per heavy atom. The number of imidazole rings is 2. The van der Waals surface area contributed by atoms with E-state index in [4.69, 9.17) is 23.8 Å². The van der Waals surface area contributed by atoms with E-state index in [0.717, 1.165) is 116 Å². The Morgan fingerprint density at radius 2 is 0.736 bits per heavy atom. The Hall–Kier alpha value is -11.9. The van der Waals surface area contributed by atoms with Crippen molar-refractivity contribution < 1.29 is 8.83 Å². The maximum Gasteiger partial charge on any atom is 0.152 e. The van der Waals surface area contributed by atoms with Gasteiger partial charge in [-0.2, -0.15) is 0 Å². The van der Waals surface area contributed by atoms with Gasteiger partial charge in [0.1, 0.15) is 22.5 Å². The van der Waals surface area contributed by atoms with E-state index in [1.807, 2.05) is 42.6 Å². The summed E-state index contributed by atoms with van der Waals surface area (Å²) in [6.07, 6.45) is 6.16. The van der Waals surface area contributed by atoms with Crippen LogP contribution in [0.15, 0.2) is 288 Å². The van der Waals surface area contributed by atoms with Crippen LogP contribution in [-0.2, 0) is 0 Å². The Labute approximate surface area is 495 Å². The molecule has 0 fully saturated rings. The fourth-order valence-electron chi connectivity index (χ4n) is 13.9. The second kappa shape index (κ2) is 18.3. The Morgan fingerprint density at radius 1 is 0.276 bits per heavy atom. The molecule has 20 aromatic rings. The minimum absolute atomic E-state index is 0.855. The van der Waals surface area contributed by atoms with Gasteiger partial charge in [0, 0.05) is 76.9 Å². The zero-order valence-electron chi connectivity index (χ0n) is 46.6. The van der Waals surface area contributed by atoms with Crippen molar-refractivity contribution in [3.05, 3.63) is 279 Å². The third-order valence-electron chi connectivity index (χ3n) is 17.9. The lowest BCUT2D eigenvalue weighted by Crippen LogP contribution is -1.94. The lowest BCUT2D eigenvalue weighted by Gasteiger charge is -2.12. The average molecular weight is 1110 g/mol. The minimum Gasteiger partial charge on any atom is -0.455 e. The molecular weight excluding hydrogens is 1060 g/mol. The van der Waals surface area contributed by atoms with Crippen LogP contribution >= 0.6 is 0 Å². The van der Waals surface area contributed by atoms with Crippen molar-refractivity contribution in [1.29, 1.82) is 0 Å². The molecule has 0 bridgehead atoms. The van der Waals surface area contributed by atoms with Gasteiger partial charge in [-0.1, -0.05) is 194 Å². The number of benzene rings is 12. The molecule has 404 valence electrons. The highest BCUT2D eigenvalue weighted by Crippen LogP contribution is 2.42. The summed E-state index contributed by atoms with van der Waals surface area (Å²) in [5, 5.41) is 16.3. The number of nitrogens with zero attached hydrogens (tertiary/aromatic N) is 6. The van der Waals surface area contributed by atoms with Crippen molar-refractivity contribution in [2.24, 2.45) is 0 Å². The van der Waals surface area contributed by atoms with Gasteiger partial charge in [-0.05, 0) is 105 Å². The number of hydrogen-bond donors (Lipinski definition) is 0.